The molecule has 0 fully saturated rings. The van der Waals surface area contributed by atoms with E-state index in [4.69, 9.17) is 11.6 Å². The van der Waals surface area contributed by atoms with Crippen molar-refractivity contribution in [1.82, 2.24) is 10.0 Å². The lowest BCUT2D eigenvalue weighted by Crippen LogP contribution is -2.46. The Morgan fingerprint density at radius 1 is 1.18 bits per heavy atom. The van der Waals surface area contributed by atoms with Crippen molar-refractivity contribution < 1.29 is 22.4 Å². The Hall–Kier alpha value is -2.49. The number of benzene rings is 2. The van der Waals surface area contributed by atoms with Crippen LogP contribution in [0.25, 0.3) is 0 Å². The molecular weight excluding hydrogens is 409 g/mol. The lowest BCUT2D eigenvalue weighted by molar-refractivity contribution is -0.125. The predicted molar refractivity (Wildman–Crippen MR) is 104 cm³/mol. The molecule has 0 spiro atoms. The summed E-state index contributed by atoms with van der Waals surface area (Å²) in [6.45, 7) is 2.73. The van der Waals surface area contributed by atoms with E-state index in [1.165, 1.54) is 19.1 Å². The van der Waals surface area contributed by atoms with Gasteiger partial charge in [-0.2, -0.15) is 4.72 Å². The summed E-state index contributed by atoms with van der Waals surface area (Å²) in [5.74, 6) is -2.22. The third kappa shape index (κ3) is 5.75. The molecule has 7 nitrogen and oxygen atoms in total. The van der Waals surface area contributed by atoms with Crippen LogP contribution in [0.15, 0.2) is 47.4 Å². The van der Waals surface area contributed by atoms with Crippen LogP contribution < -0.4 is 15.4 Å². The molecule has 2 rings (SSSR count). The predicted octanol–water partition coefficient (Wildman–Crippen LogP) is 2.21. The lowest BCUT2D eigenvalue weighted by Gasteiger charge is -2.15. The molecule has 0 aliphatic heterocycles. The Kier molecular flexibility index (Phi) is 7.11. The smallest absolute Gasteiger partial charge is 0.244 e. The van der Waals surface area contributed by atoms with Crippen LogP contribution in [0.2, 0.25) is 5.02 Å². The second-order valence-corrected chi connectivity index (χ2v) is 8.11. The second-order valence-electron chi connectivity index (χ2n) is 6.02. The summed E-state index contributed by atoms with van der Waals surface area (Å²) in [6.07, 6.45) is 0. The maximum atomic E-state index is 13.7. The number of halogens is 2. The second kappa shape index (κ2) is 9.13. The Morgan fingerprint density at radius 3 is 2.50 bits per heavy atom. The highest BCUT2D eigenvalue weighted by atomic mass is 35.5. The summed E-state index contributed by atoms with van der Waals surface area (Å²) < 4.78 is 40.1. The lowest BCUT2D eigenvalue weighted by atomic mass is 10.2. The number of carbonyl (C=O) groups excluding carboxylic acids is 2. The minimum Gasteiger partial charge on any atom is -0.346 e. The topological polar surface area (TPSA) is 104 Å². The third-order valence-electron chi connectivity index (χ3n) is 3.67. The van der Waals surface area contributed by atoms with Crippen LogP contribution in [0.5, 0.6) is 0 Å². The van der Waals surface area contributed by atoms with Gasteiger partial charge in [-0.3, -0.25) is 9.59 Å². The maximum absolute atomic E-state index is 13.7. The molecule has 0 aromatic heterocycles. The van der Waals surface area contributed by atoms with E-state index >= 15 is 0 Å². The van der Waals surface area contributed by atoms with Gasteiger partial charge >= 0.3 is 0 Å². The van der Waals surface area contributed by atoms with Crippen molar-refractivity contribution in [2.75, 3.05) is 11.9 Å². The van der Waals surface area contributed by atoms with Gasteiger partial charge in [0, 0.05) is 0 Å². The Bertz CT molecular complexity index is 998. The van der Waals surface area contributed by atoms with Gasteiger partial charge in [-0.05, 0) is 43.7 Å². The number of rotatable bonds is 7. The van der Waals surface area contributed by atoms with Gasteiger partial charge in [0.1, 0.15) is 10.7 Å². The molecule has 2 amide bonds. The van der Waals surface area contributed by atoms with Crippen molar-refractivity contribution in [2.45, 2.75) is 24.8 Å². The van der Waals surface area contributed by atoms with Crippen molar-refractivity contribution in [3.05, 3.63) is 58.9 Å². The van der Waals surface area contributed by atoms with E-state index in [2.05, 4.69) is 15.4 Å². The summed E-state index contributed by atoms with van der Waals surface area (Å²) in [7, 11) is -4.24. The molecule has 10 heteroatoms. The first-order valence-corrected chi connectivity index (χ1v) is 10.1. The molecule has 150 valence electrons. The fourth-order valence-electron chi connectivity index (χ4n) is 2.25. The molecule has 0 aliphatic rings. The van der Waals surface area contributed by atoms with E-state index in [-0.39, 0.29) is 0 Å². The van der Waals surface area contributed by atoms with E-state index < -0.39 is 45.1 Å². The van der Waals surface area contributed by atoms with E-state index in [0.29, 0.717) is 10.7 Å². The number of aryl methyl sites for hydroxylation is 1. The summed E-state index contributed by atoms with van der Waals surface area (Å²) in [6, 6.07) is 8.64. The summed E-state index contributed by atoms with van der Waals surface area (Å²) >= 11 is 6.02. The number of hydrogen-bond donors (Lipinski definition) is 3. The van der Waals surface area contributed by atoms with Crippen LogP contribution in [0.3, 0.4) is 0 Å². The van der Waals surface area contributed by atoms with Gasteiger partial charge in [0.05, 0.1) is 23.3 Å². The Labute approximate surface area is 167 Å². The molecule has 0 aliphatic carbocycles. The van der Waals surface area contributed by atoms with Gasteiger partial charge in [0.2, 0.25) is 21.8 Å². The van der Waals surface area contributed by atoms with E-state index in [9.17, 15) is 22.4 Å². The van der Waals surface area contributed by atoms with Crippen molar-refractivity contribution in [1.29, 1.82) is 0 Å². The largest absolute Gasteiger partial charge is 0.346 e. The summed E-state index contributed by atoms with van der Waals surface area (Å²) in [5.41, 5.74) is 1.31. The zero-order chi connectivity index (χ0) is 20.9. The number of anilines is 1. The Morgan fingerprint density at radius 2 is 1.86 bits per heavy atom. The molecule has 0 saturated heterocycles. The number of carbonyl (C=O) groups is 2. The monoisotopic (exact) mass is 427 g/mol. The highest BCUT2D eigenvalue weighted by Crippen LogP contribution is 2.22. The standard InChI is InChI=1S/C18H19ClFN3O4S/c1-11-7-8-15(13(19)9-11)22-17(24)10-21-18(25)12(2)23-28(26,27)16-6-4-3-5-14(16)20/h3-9,12,23H,10H2,1-2H3,(H,21,25)(H,22,24)/t12-/m0/s1. The average molecular weight is 428 g/mol. The highest BCUT2D eigenvalue weighted by molar-refractivity contribution is 7.89. The SMILES string of the molecule is Cc1ccc(NC(=O)CNC(=O)[C@H](C)NS(=O)(=O)c2ccccc2F)c(Cl)c1. The van der Waals surface area contributed by atoms with Gasteiger partial charge in [-0.25, -0.2) is 12.8 Å². The maximum Gasteiger partial charge on any atom is 0.244 e. The molecule has 1 atom stereocenters. The minimum atomic E-state index is -4.24. The number of amides is 2. The third-order valence-corrected chi connectivity index (χ3v) is 5.56. The van der Waals surface area contributed by atoms with E-state index in [1.54, 1.807) is 18.2 Å². The molecule has 28 heavy (non-hydrogen) atoms. The summed E-state index contributed by atoms with van der Waals surface area (Å²) in [5, 5.41) is 5.20. The van der Waals surface area contributed by atoms with Crippen molar-refractivity contribution in [3.8, 4) is 0 Å². The molecule has 2 aromatic carbocycles. The van der Waals surface area contributed by atoms with Crippen LogP contribution >= 0.6 is 11.6 Å². The van der Waals surface area contributed by atoms with Crippen molar-refractivity contribution in [3.63, 3.8) is 0 Å². The van der Waals surface area contributed by atoms with Crippen molar-refractivity contribution >= 4 is 39.1 Å². The zero-order valence-corrected chi connectivity index (χ0v) is 16.7. The number of sulfonamides is 1. The van der Waals surface area contributed by atoms with Crippen LogP contribution in [-0.4, -0.2) is 32.8 Å². The highest BCUT2D eigenvalue weighted by Gasteiger charge is 2.24. The fourth-order valence-corrected chi connectivity index (χ4v) is 3.81. The molecule has 0 unspecified atom stereocenters. The van der Waals surface area contributed by atoms with Crippen LogP contribution in [0.4, 0.5) is 10.1 Å². The number of hydrogen-bond acceptors (Lipinski definition) is 4. The average Bonchev–Trinajstić information content (AvgIpc) is 2.61. The first-order chi connectivity index (χ1) is 13.1. The fraction of sp³-hybridized carbons (Fsp3) is 0.222. The molecular formula is C18H19ClFN3O4S. The first-order valence-electron chi connectivity index (χ1n) is 8.20. The van der Waals surface area contributed by atoms with Crippen LogP contribution in [0.1, 0.15) is 12.5 Å². The zero-order valence-electron chi connectivity index (χ0n) is 15.1. The molecule has 0 bridgehead atoms. The van der Waals surface area contributed by atoms with Gasteiger partial charge in [0.25, 0.3) is 0 Å². The quantitative estimate of drug-likeness (QED) is 0.630. The normalized spacial score (nSPS) is 12.3. The molecule has 0 saturated carbocycles. The van der Waals surface area contributed by atoms with Crippen LogP contribution in [-0.2, 0) is 19.6 Å². The first kappa shape index (κ1) is 21.8. The minimum absolute atomic E-state index is 0.352. The van der Waals surface area contributed by atoms with Crippen molar-refractivity contribution in [2.24, 2.45) is 0 Å². The number of nitrogens with one attached hydrogen (secondary N) is 3. The van der Waals surface area contributed by atoms with Gasteiger partial charge in [-0.15, -0.1) is 0 Å². The van der Waals surface area contributed by atoms with Gasteiger partial charge < -0.3 is 10.6 Å². The van der Waals surface area contributed by atoms with Gasteiger partial charge in [-0.1, -0.05) is 29.8 Å². The van der Waals surface area contributed by atoms with E-state index in [1.807, 2.05) is 6.92 Å². The summed E-state index contributed by atoms with van der Waals surface area (Å²) in [4.78, 5) is 23.5. The Balaban J connectivity index is 1.91. The van der Waals surface area contributed by atoms with E-state index in [0.717, 1.165) is 17.7 Å². The molecule has 0 radical (unpaired) electrons. The molecule has 3 N–H and O–H groups in total. The van der Waals surface area contributed by atoms with Gasteiger partial charge in [0.15, 0.2) is 0 Å². The van der Waals surface area contributed by atoms with Crippen LogP contribution in [0, 0.1) is 12.7 Å². The molecule has 0 heterocycles. The molecule has 2 aromatic rings.